The van der Waals surface area contributed by atoms with Crippen molar-refractivity contribution < 1.29 is 28.8 Å². The molecule has 0 bridgehead atoms. The van der Waals surface area contributed by atoms with Crippen LogP contribution in [0.1, 0.15) is 73.5 Å². The van der Waals surface area contributed by atoms with Crippen LogP contribution in [0.5, 0.6) is 0 Å². The van der Waals surface area contributed by atoms with E-state index in [1.165, 1.54) is 0 Å². The van der Waals surface area contributed by atoms with E-state index in [1.807, 2.05) is 72.8 Å². The predicted molar refractivity (Wildman–Crippen MR) is 223 cm³/mol. The molecule has 14 heteroatoms. The van der Waals surface area contributed by atoms with Crippen molar-refractivity contribution in [3.05, 3.63) is 119 Å². The molecule has 14 nitrogen and oxygen atoms in total. The number of rotatable bonds is 12. The van der Waals surface area contributed by atoms with Crippen LogP contribution in [0.25, 0.3) is 22.0 Å². The SMILES string of the molecule is CNC(=O)c1cnc2ccc(-c3ccc(C(=O)NCCCN4CCC(Nc5cccc6c5C(=O)N(C5CCC(=O)NC5=O)C6=O)CC4)cc3)cc2c1Nc1ccccc1. The lowest BCUT2D eigenvalue weighted by Crippen LogP contribution is -2.54. The fourth-order valence-corrected chi connectivity index (χ4v) is 8.06. The van der Waals surface area contributed by atoms with Crippen molar-refractivity contribution in [2.45, 2.75) is 44.2 Å². The van der Waals surface area contributed by atoms with Gasteiger partial charge in [0.2, 0.25) is 11.8 Å². The highest BCUT2D eigenvalue weighted by Crippen LogP contribution is 2.35. The van der Waals surface area contributed by atoms with Gasteiger partial charge in [-0.2, -0.15) is 0 Å². The second-order valence-electron chi connectivity index (χ2n) is 15.0. The van der Waals surface area contributed by atoms with Crippen molar-refractivity contribution in [1.82, 2.24) is 30.7 Å². The van der Waals surface area contributed by atoms with Gasteiger partial charge in [0.25, 0.3) is 23.6 Å². The lowest BCUT2D eigenvalue weighted by Gasteiger charge is -2.33. The molecule has 8 rings (SSSR count). The van der Waals surface area contributed by atoms with E-state index >= 15 is 0 Å². The molecule has 4 heterocycles. The Morgan fingerprint density at radius 1 is 0.831 bits per heavy atom. The molecule has 0 saturated carbocycles. The summed E-state index contributed by atoms with van der Waals surface area (Å²) in [5.74, 6) is -2.47. The second kappa shape index (κ2) is 16.9. The molecule has 5 N–H and O–H groups in total. The van der Waals surface area contributed by atoms with Crippen LogP contribution in [-0.2, 0) is 9.59 Å². The minimum absolute atomic E-state index is 0.0700. The molecule has 2 saturated heterocycles. The maximum Gasteiger partial charge on any atom is 0.264 e. The van der Waals surface area contributed by atoms with Crippen LogP contribution >= 0.6 is 0 Å². The van der Waals surface area contributed by atoms with E-state index in [1.54, 1.807) is 31.4 Å². The van der Waals surface area contributed by atoms with E-state index in [4.69, 9.17) is 0 Å². The van der Waals surface area contributed by atoms with Crippen LogP contribution in [0.15, 0.2) is 97.2 Å². The van der Waals surface area contributed by atoms with Gasteiger partial charge >= 0.3 is 0 Å². The number of hydrogen-bond acceptors (Lipinski definition) is 10. The number of amides is 6. The van der Waals surface area contributed by atoms with Crippen LogP contribution in [0.2, 0.25) is 0 Å². The molecule has 1 atom stereocenters. The van der Waals surface area contributed by atoms with E-state index in [-0.39, 0.29) is 41.8 Å². The summed E-state index contributed by atoms with van der Waals surface area (Å²) in [6, 6.07) is 27.2. The third kappa shape index (κ3) is 8.12. The normalized spacial score (nSPS) is 17.1. The number of carbonyl (C=O) groups excluding carboxylic acids is 6. The van der Waals surface area contributed by atoms with Crippen LogP contribution in [0, 0.1) is 0 Å². The summed E-state index contributed by atoms with van der Waals surface area (Å²) in [6.45, 7) is 3.01. The quantitative estimate of drug-likeness (QED) is 0.0842. The maximum atomic E-state index is 13.5. The number of imide groups is 2. The van der Waals surface area contributed by atoms with Gasteiger partial charge in [-0.1, -0.05) is 42.5 Å². The zero-order valence-corrected chi connectivity index (χ0v) is 32.5. The summed E-state index contributed by atoms with van der Waals surface area (Å²) in [4.78, 5) is 84.6. The van der Waals surface area contributed by atoms with Gasteiger partial charge in [0, 0.05) is 67.7 Å². The molecule has 300 valence electrons. The van der Waals surface area contributed by atoms with Gasteiger partial charge in [0.15, 0.2) is 0 Å². The number of aromatic nitrogens is 1. The Hall–Kier alpha value is -6.93. The number of pyridine rings is 1. The average molecular weight is 793 g/mol. The maximum absolute atomic E-state index is 13.5. The van der Waals surface area contributed by atoms with Gasteiger partial charge in [-0.15, -0.1) is 0 Å². The minimum atomic E-state index is -1.01. The summed E-state index contributed by atoms with van der Waals surface area (Å²) < 4.78 is 0. The number of likely N-dealkylation sites (tertiary alicyclic amines) is 1. The second-order valence-corrected chi connectivity index (χ2v) is 15.0. The number of fused-ring (bicyclic) bond motifs is 2. The first-order valence-electron chi connectivity index (χ1n) is 19.9. The largest absolute Gasteiger partial charge is 0.382 e. The van der Waals surface area contributed by atoms with Crippen molar-refractivity contribution in [3.63, 3.8) is 0 Å². The van der Waals surface area contributed by atoms with Gasteiger partial charge < -0.3 is 26.2 Å². The molecule has 0 aliphatic carbocycles. The molecule has 0 spiro atoms. The highest BCUT2D eigenvalue weighted by Gasteiger charge is 2.45. The van der Waals surface area contributed by atoms with Crippen molar-refractivity contribution in [3.8, 4) is 11.1 Å². The Balaban J connectivity index is 0.824. The summed E-state index contributed by atoms with van der Waals surface area (Å²) in [6.07, 6.45) is 4.20. The molecule has 1 aromatic heterocycles. The molecular formula is C45H44N8O6. The van der Waals surface area contributed by atoms with E-state index < -0.39 is 29.7 Å². The Labute approximate surface area is 340 Å². The van der Waals surface area contributed by atoms with Crippen molar-refractivity contribution >= 4 is 63.4 Å². The van der Waals surface area contributed by atoms with Crippen molar-refractivity contribution in [2.24, 2.45) is 0 Å². The molecule has 3 aliphatic heterocycles. The first kappa shape index (κ1) is 38.9. The van der Waals surface area contributed by atoms with E-state index in [0.717, 1.165) is 71.5 Å². The average Bonchev–Trinajstić information content (AvgIpc) is 3.51. The summed E-state index contributed by atoms with van der Waals surface area (Å²) in [5, 5.41) is 15.7. The first-order valence-corrected chi connectivity index (χ1v) is 19.9. The third-order valence-electron chi connectivity index (χ3n) is 11.2. The first-order chi connectivity index (χ1) is 28.7. The number of carbonyl (C=O) groups is 6. The van der Waals surface area contributed by atoms with E-state index in [0.29, 0.717) is 29.0 Å². The van der Waals surface area contributed by atoms with Gasteiger partial charge in [-0.3, -0.25) is 44.0 Å². The molecule has 4 aromatic carbocycles. The molecule has 6 amide bonds. The summed E-state index contributed by atoms with van der Waals surface area (Å²) in [5.41, 5.74) is 6.17. The van der Waals surface area contributed by atoms with Gasteiger partial charge in [-0.05, 0) is 91.9 Å². The molecule has 1 unspecified atom stereocenters. The fourth-order valence-electron chi connectivity index (χ4n) is 8.06. The Bertz CT molecular complexity index is 2460. The smallest absolute Gasteiger partial charge is 0.264 e. The zero-order valence-electron chi connectivity index (χ0n) is 32.5. The number of nitrogens with one attached hydrogen (secondary N) is 5. The minimum Gasteiger partial charge on any atom is -0.382 e. The summed E-state index contributed by atoms with van der Waals surface area (Å²) in [7, 11) is 1.59. The van der Waals surface area contributed by atoms with Crippen LogP contribution in [-0.4, -0.2) is 95.5 Å². The highest BCUT2D eigenvalue weighted by molar-refractivity contribution is 6.25. The molecule has 3 aliphatic rings. The highest BCUT2D eigenvalue weighted by atomic mass is 16.2. The van der Waals surface area contributed by atoms with E-state index in [2.05, 4.69) is 36.5 Å². The van der Waals surface area contributed by atoms with Crippen molar-refractivity contribution in [2.75, 3.05) is 43.9 Å². The monoisotopic (exact) mass is 792 g/mol. The molecule has 0 radical (unpaired) electrons. The lowest BCUT2D eigenvalue weighted by atomic mass is 9.99. The van der Waals surface area contributed by atoms with Gasteiger partial charge in [-0.25, -0.2) is 0 Å². The standard InChI is InChI=1S/C45H44N8O6/c1-46-42(56)34-26-48-35-16-15-29(25-33(35)40(34)50-30-7-3-2-4-8-30)27-11-13-28(14-12-27)41(55)47-21-6-22-52-23-19-31(20-24-52)49-36-10-5-9-32-39(36)45(59)53(44(32)58)37-17-18-38(54)51-43(37)57/h2-5,7-16,25-26,31,37,49H,6,17-24H2,1H3,(H,46,56)(H,47,55)(H,48,50)(H,51,54,57). The molecular weight excluding hydrogens is 749 g/mol. The van der Waals surface area contributed by atoms with Crippen LogP contribution in [0.3, 0.4) is 0 Å². The lowest BCUT2D eigenvalue weighted by molar-refractivity contribution is -0.136. The number of anilines is 3. The summed E-state index contributed by atoms with van der Waals surface area (Å²) >= 11 is 0. The molecule has 2 fully saturated rings. The van der Waals surface area contributed by atoms with Gasteiger partial charge in [0.05, 0.1) is 27.9 Å². The molecule has 5 aromatic rings. The van der Waals surface area contributed by atoms with E-state index in [9.17, 15) is 28.8 Å². The fraction of sp³-hybridized carbons (Fsp3) is 0.267. The molecule has 59 heavy (non-hydrogen) atoms. The van der Waals surface area contributed by atoms with Crippen LogP contribution < -0.4 is 26.6 Å². The Morgan fingerprint density at radius 3 is 2.34 bits per heavy atom. The predicted octanol–water partition coefficient (Wildman–Crippen LogP) is 5.10. The Morgan fingerprint density at radius 2 is 1.59 bits per heavy atom. The number of piperidine rings is 2. The Kier molecular flexibility index (Phi) is 11.1. The number of hydrogen-bond donors (Lipinski definition) is 5. The van der Waals surface area contributed by atoms with Crippen LogP contribution in [0.4, 0.5) is 17.1 Å². The number of nitrogens with zero attached hydrogens (tertiary/aromatic N) is 3. The topological polar surface area (TPSA) is 182 Å². The number of benzene rings is 4. The third-order valence-corrected chi connectivity index (χ3v) is 11.2. The number of para-hydroxylation sites is 1. The van der Waals surface area contributed by atoms with Gasteiger partial charge in [0.1, 0.15) is 6.04 Å². The van der Waals surface area contributed by atoms with Crippen molar-refractivity contribution in [1.29, 1.82) is 0 Å². The zero-order chi connectivity index (χ0) is 41.0.